The van der Waals surface area contributed by atoms with E-state index in [9.17, 15) is 17.6 Å². The van der Waals surface area contributed by atoms with Crippen molar-refractivity contribution < 1.29 is 17.6 Å². The minimum Gasteiger partial charge on any atom is -0.340 e. The van der Waals surface area contributed by atoms with Gasteiger partial charge in [-0.1, -0.05) is 0 Å². The van der Waals surface area contributed by atoms with Crippen molar-refractivity contribution in [1.82, 2.24) is 9.21 Å². The van der Waals surface area contributed by atoms with Crippen LogP contribution in [0.2, 0.25) is 0 Å². The summed E-state index contributed by atoms with van der Waals surface area (Å²) in [5.74, 6) is -0.567. The first-order chi connectivity index (χ1) is 9.32. The number of rotatable bonds is 2. The highest BCUT2D eigenvalue weighted by molar-refractivity contribution is 9.10. The quantitative estimate of drug-likeness (QED) is 0.797. The molecule has 1 aliphatic heterocycles. The normalized spacial score (nSPS) is 17.2. The van der Waals surface area contributed by atoms with E-state index in [2.05, 4.69) is 15.9 Å². The van der Waals surface area contributed by atoms with E-state index in [0.29, 0.717) is 13.1 Å². The van der Waals surface area contributed by atoms with Crippen molar-refractivity contribution in [2.24, 2.45) is 0 Å². The van der Waals surface area contributed by atoms with Crippen LogP contribution in [0.25, 0.3) is 0 Å². The first-order valence-corrected chi connectivity index (χ1v) is 8.26. The number of sulfonamides is 1. The zero-order chi connectivity index (χ0) is 14.9. The fraction of sp³-hybridized carbons (Fsp3) is 0.417. The van der Waals surface area contributed by atoms with Gasteiger partial charge in [-0.25, -0.2) is 12.8 Å². The van der Waals surface area contributed by atoms with E-state index in [1.165, 1.54) is 17.3 Å². The molecular weight excluding hydrogens is 351 g/mol. The van der Waals surface area contributed by atoms with Crippen molar-refractivity contribution >= 4 is 31.9 Å². The maximum absolute atomic E-state index is 13.0. The summed E-state index contributed by atoms with van der Waals surface area (Å²) in [6, 6.07) is 3.48. The monoisotopic (exact) mass is 364 g/mol. The number of benzene rings is 1. The average Bonchev–Trinajstić information content (AvgIpc) is 2.38. The molecule has 0 saturated carbocycles. The molecule has 1 heterocycles. The molecule has 1 aliphatic rings. The highest BCUT2D eigenvalue weighted by Crippen LogP contribution is 2.26. The lowest BCUT2D eigenvalue weighted by Crippen LogP contribution is -2.49. The van der Waals surface area contributed by atoms with Crippen molar-refractivity contribution in [2.75, 3.05) is 26.2 Å². The summed E-state index contributed by atoms with van der Waals surface area (Å²) < 4.78 is 39.5. The molecule has 0 spiro atoms. The number of amides is 1. The Hall–Kier alpha value is -0.990. The van der Waals surface area contributed by atoms with Crippen molar-refractivity contribution in [1.29, 1.82) is 0 Å². The molecule has 110 valence electrons. The maximum Gasteiger partial charge on any atom is 0.244 e. The number of carbonyl (C=O) groups is 1. The summed E-state index contributed by atoms with van der Waals surface area (Å²) in [7, 11) is -3.68. The minimum absolute atomic E-state index is 0.0372. The van der Waals surface area contributed by atoms with Crippen LogP contribution in [0.1, 0.15) is 6.92 Å². The first-order valence-electron chi connectivity index (χ1n) is 6.03. The third-order valence-electron chi connectivity index (χ3n) is 3.20. The lowest BCUT2D eigenvalue weighted by molar-refractivity contribution is -0.129. The minimum atomic E-state index is -3.68. The summed E-state index contributed by atoms with van der Waals surface area (Å²) in [4.78, 5) is 12.9. The van der Waals surface area contributed by atoms with Gasteiger partial charge in [-0.3, -0.25) is 4.79 Å². The Balaban J connectivity index is 2.22. The molecule has 0 aromatic heterocycles. The second-order valence-corrected chi connectivity index (χ2v) is 7.25. The molecule has 1 fully saturated rings. The predicted octanol–water partition coefficient (Wildman–Crippen LogP) is 1.44. The smallest absolute Gasteiger partial charge is 0.244 e. The van der Waals surface area contributed by atoms with Gasteiger partial charge in [0, 0.05) is 37.6 Å². The van der Waals surface area contributed by atoms with Crippen molar-refractivity contribution in [3.63, 3.8) is 0 Å². The van der Waals surface area contributed by atoms with Crippen LogP contribution in [0.5, 0.6) is 0 Å². The number of halogens is 2. The van der Waals surface area contributed by atoms with E-state index in [1.54, 1.807) is 4.90 Å². The fourth-order valence-electron chi connectivity index (χ4n) is 2.07. The van der Waals surface area contributed by atoms with Gasteiger partial charge in [0.1, 0.15) is 5.82 Å². The van der Waals surface area contributed by atoms with Gasteiger partial charge in [-0.15, -0.1) is 0 Å². The van der Waals surface area contributed by atoms with Gasteiger partial charge in [-0.05, 0) is 34.1 Å². The van der Waals surface area contributed by atoms with E-state index in [0.717, 1.165) is 12.1 Å². The van der Waals surface area contributed by atoms with Crippen molar-refractivity contribution in [2.45, 2.75) is 11.8 Å². The second kappa shape index (κ2) is 5.79. The Labute approximate surface area is 125 Å². The van der Waals surface area contributed by atoms with Gasteiger partial charge in [0.2, 0.25) is 15.9 Å². The van der Waals surface area contributed by atoms with Crippen LogP contribution >= 0.6 is 15.9 Å². The molecule has 5 nitrogen and oxygen atoms in total. The summed E-state index contributed by atoms with van der Waals surface area (Å²) >= 11 is 3.07. The summed E-state index contributed by atoms with van der Waals surface area (Å²) in [6.07, 6.45) is 0. The van der Waals surface area contributed by atoms with E-state index in [4.69, 9.17) is 0 Å². The molecule has 1 aromatic carbocycles. The molecule has 0 radical (unpaired) electrons. The Morgan fingerprint density at radius 3 is 2.35 bits per heavy atom. The van der Waals surface area contributed by atoms with E-state index < -0.39 is 15.8 Å². The predicted molar refractivity (Wildman–Crippen MR) is 75.1 cm³/mol. The summed E-state index contributed by atoms with van der Waals surface area (Å²) in [6.45, 7) is 2.68. The number of nitrogens with zero attached hydrogens (tertiary/aromatic N) is 2. The molecule has 1 saturated heterocycles. The molecule has 0 bridgehead atoms. The van der Waals surface area contributed by atoms with Crippen LogP contribution in [-0.4, -0.2) is 49.7 Å². The number of piperazine rings is 1. The number of hydrogen-bond donors (Lipinski definition) is 0. The third kappa shape index (κ3) is 3.02. The molecule has 0 aliphatic carbocycles. The van der Waals surface area contributed by atoms with Gasteiger partial charge in [0.15, 0.2) is 0 Å². The topological polar surface area (TPSA) is 57.7 Å². The van der Waals surface area contributed by atoms with E-state index in [-0.39, 0.29) is 28.4 Å². The van der Waals surface area contributed by atoms with Crippen LogP contribution in [0.4, 0.5) is 4.39 Å². The lowest BCUT2D eigenvalue weighted by atomic mass is 10.3. The Morgan fingerprint density at radius 1 is 1.25 bits per heavy atom. The van der Waals surface area contributed by atoms with Crippen LogP contribution in [0, 0.1) is 5.82 Å². The fourth-order valence-corrected chi connectivity index (χ4v) is 4.50. The highest BCUT2D eigenvalue weighted by Gasteiger charge is 2.30. The lowest BCUT2D eigenvalue weighted by Gasteiger charge is -2.33. The van der Waals surface area contributed by atoms with E-state index >= 15 is 0 Å². The van der Waals surface area contributed by atoms with Gasteiger partial charge >= 0.3 is 0 Å². The molecule has 0 N–H and O–H groups in total. The first kappa shape index (κ1) is 15.4. The van der Waals surface area contributed by atoms with Gasteiger partial charge in [0.25, 0.3) is 0 Å². The number of hydrogen-bond acceptors (Lipinski definition) is 3. The summed E-state index contributed by atoms with van der Waals surface area (Å²) in [5.41, 5.74) is 0. The Bertz CT molecular complexity index is 628. The standard InChI is InChI=1S/C12H14BrFN2O3S/c1-9(17)15-4-6-16(7-5-15)20(18,19)12-3-2-10(14)8-11(12)13/h2-3,8H,4-7H2,1H3. The zero-order valence-electron chi connectivity index (χ0n) is 10.8. The van der Waals surface area contributed by atoms with Gasteiger partial charge in [0.05, 0.1) is 4.90 Å². The SMILES string of the molecule is CC(=O)N1CCN(S(=O)(=O)c2ccc(F)cc2Br)CC1. The van der Waals surface area contributed by atoms with Crippen LogP contribution < -0.4 is 0 Å². The van der Waals surface area contributed by atoms with Crippen LogP contribution in [-0.2, 0) is 14.8 Å². The molecule has 20 heavy (non-hydrogen) atoms. The molecule has 0 atom stereocenters. The maximum atomic E-state index is 13.0. The largest absolute Gasteiger partial charge is 0.340 e. The van der Waals surface area contributed by atoms with E-state index in [1.807, 2.05) is 0 Å². The molecule has 0 unspecified atom stereocenters. The molecule has 1 aromatic rings. The van der Waals surface area contributed by atoms with Crippen molar-refractivity contribution in [3.8, 4) is 0 Å². The summed E-state index contributed by atoms with van der Waals surface area (Å²) in [5, 5.41) is 0. The van der Waals surface area contributed by atoms with Gasteiger partial charge in [-0.2, -0.15) is 4.31 Å². The Morgan fingerprint density at radius 2 is 1.85 bits per heavy atom. The van der Waals surface area contributed by atoms with Crippen molar-refractivity contribution in [3.05, 3.63) is 28.5 Å². The highest BCUT2D eigenvalue weighted by atomic mass is 79.9. The number of carbonyl (C=O) groups excluding carboxylic acids is 1. The van der Waals surface area contributed by atoms with Crippen LogP contribution in [0.15, 0.2) is 27.6 Å². The Kier molecular flexibility index (Phi) is 4.46. The molecule has 1 amide bonds. The average molecular weight is 365 g/mol. The molecule has 2 rings (SSSR count). The zero-order valence-corrected chi connectivity index (χ0v) is 13.2. The van der Waals surface area contributed by atoms with Gasteiger partial charge < -0.3 is 4.90 Å². The second-order valence-electron chi connectivity index (χ2n) is 4.48. The molecular formula is C12H14BrFN2O3S. The third-order valence-corrected chi connectivity index (χ3v) is 6.07. The van der Waals surface area contributed by atoms with Crippen LogP contribution in [0.3, 0.4) is 0 Å². The molecule has 8 heteroatoms.